The number of rotatable bonds is 1. The van der Waals surface area contributed by atoms with E-state index in [1.165, 1.54) is 0 Å². The molecular weight excluding hydrogens is 130 g/mol. The largest absolute Gasteiger partial charge is 0.365 e. The molecule has 1 heterocycles. The van der Waals surface area contributed by atoms with Gasteiger partial charge in [0.2, 0.25) is 5.91 Å². The Bertz CT molecular complexity index is 136. The molecule has 58 valence electrons. The summed E-state index contributed by atoms with van der Waals surface area (Å²) in [6.45, 7) is 1.99. The minimum absolute atomic E-state index is 0.00403. The summed E-state index contributed by atoms with van der Waals surface area (Å²) in [4.78, 5) is 10.9. The lowest BCUT2D eigenvalue weighted by Gasteiger charge is -2.07. The van der Waals surface area contributed by atoms with Crippen LogP contribution in [0.5, 0.6) is 0 Å². The van der Waals surface area contributed by atoms with Gasteiger partial charge in [-0.15, -0.1) is 0 Å². The molecular formula is C7H13NO2. The van der Waals surface area contributed by atoms with Crippen molar-refractivity contribution in [2.45, 2.75) is 32.0 Å². The van der Waals surface area contributed by atoms with E-state index in [-0.39, 0.29) is 18.1 Å². The molecule has 1 aliphatic rings. The second-order valence-electron chi connectivity index (χ2n) is 2.63. The summed E-state index contributed by atoms with van der Waals surface area (Å²) in [6.07, 6.45) is 1.92. The fourth-order valence-corrected chi connectivity index (χ4v) is 1.16. The number of carbonyl (C=O) groups is 1. The van der Waals surface area contributed by atoms with Crippen LogP contribution >= 0.6 is 0 Å². The lowest BCUT2D eigenvalue weighted by atomic mass is 10.2. The molecule has 3 nitrogen and oxygen atoms in total. The number of nitrogens with one attached hydrogen (secondary N) is 1. The van der Waals surface area contributed by atoms with E-state index in [9.17, 15) is 4.79 Å². The molecule has 1 unspecified atom stereocenters. The molecule has 1 N–H and O–H groups in total. The highest BCUT2D eigenvalue weighted by Gasteiger charge is 2.26. The van der Waals surface area contributed by atoms with Crippen LogP contribution in [0.1, 0.15) is 19.8 Å². The lowest BCUT2D eigenvalue weighted by Crippen LogP contribution is -2.31. The highest BCUT2D eigenvalue weighted by Crippen LogP contribution is 2.18. The number of hydrogen-bond acceptors (Lipinski definition) is 2. The Labute approximate surface area is 60.7 Å². The fraction of sp³-hybridized carbons (Fsp3) is 0.857. The Morgan fingerprint density at radius 1 is 1.60 bits per heavy atom. The Morgan fingerprint density at radius 3 is 2.70 bits per heavy atom. The molecule has 0 aromatic carbocycles. The van der Waals surface area contributed by atoms with Gasteiger partial charge in [0.25, 0.3) is 0 Å². The van der Waals surface area contributed by atoms with Crippen molar-refractivity contribution in [1.82, 2.24) is 5.32 Å². The summed E-state index contributed by atoms with van der Waals surface area (Å²) in [7, 11) is 1.63. The molecule has 1 saturated heterocycles. The Hall–Kier alpha value is -0.570. The van der Waals surface area contributed by atoms with Gasteiger partial charge in [0, 0.05) is 7.05 Å². The number of ether oxygens (including phenoxy) is 1. The van der Waals surface area contributed by atoms with Crippen LogP contribution in [-0.2, 0) is 9.53 Å². The second kappa shape index (κ2) is 3.01. The van der Waals surface area contributed by atoms with Crippen LogP contribution in [0.3, 0.4) is 0 Å². The molecule has 0 aliphatic carbocycles. The lowest BCUT2D eigenvalue weighted by molar-refractivity contribution is -0.131. The normalized spacial score (nSPS) is 32.2. The van der Waals surface area contributed by atoms with Crippen LogP contribution in [0.25, 0.3) is 0 Å². The quantitative estimate of drug-likeness (QED) is 0.573. The van der Waals surface area contributed by atoms with E-state index in [4.69, 9.17) is 4.74 Å². The van der Waals surface area contributed by atoms with Gasteiger partial charge in [-0.05, 0) is 19.8 Å². The standard InChI is InChI=1S/C7H13NO2/c1-5-3-4-6(10-5)7(9)8-2/h5-6H,3-4H2,1-2H3,(H,8,9)/t5-,6?/m0/s1. The first-order valence-electron chi connectivity index (χ1n) is 3.61. The van der Waals surface area contributed by atoms with E-state index in [0.717, 1.165) is 12.8 Å². The molecule has 10 heavy (non-hydrogen) atoms. The zero-order valence-corrected chi connectivity index (χ0v) is 6.39. The van der Waals surface area contributed by atoms with Crippen molar-refractivity contribution >= 4 is 5.91 Å². The van der Waals surface area contributed by atoms with Gasteiger partial charge < -0.3 is 10.1 Å². The minimum Gasteiger partial charge on any atom is -0.365 e. The van der Waals surface area contributed by atoms with Gasteiger partial charge in [-0.3, -0.25) is 4.79 Å². The van der Waals surface area contributed by atoms with Gasteiger partial charge in [0.1, 0.15) is 6.10 Å². The molecule has 0 aromatic heterocycles. The molecule has 0 radical (unpaired) electrons. The first kappa shape index (κ1) is 7.54. The zero-order chi connectivity index (χ0) is 7.56. The van der Waals surface area contributed by atoms with Crippen LogP contribution in [0.4, 0.5) is 0 Å². The van der Waals surface area contributed by atoms with Crippen molar-refractivity contribution in [2.24, 2.45) is 0 Å². The summed E-state index contributed by atoms with van der Waals surface area (Å²) in [6, 6.07) is 0. The molecule has 1 fully saturated rings. The van der Waals surface area contributed by atoms with Gasteiger partial charge in [0.15, 0.2) is 0 Å². The SMILES string of the molecule is CNC(=O)C1CC[C@H](C)O1. The van der Waals surface area contributed by atoms with Gasteiger partial charge in [-0.1, -0.05) is 0 Å². The van der Waals surface area contributed by atoms with E-state index in [2.05, 4.69) is 5.32 Å². The summed E-state index contributed by atoms with van der Waals surface area (Å²) in [5.41, 5.74) is 0. The van der Waals surface area contributed by atoms with Crippen LogP contribution in [0, 0.1) is 0 Å². The summed E-state index contributed by atoms with van der Waals surface area (Å²) >= 11 is 0. The molecule has 3 heteroatoms. The third-order valence-corrected chi connectivity index (χ3v) is 1.77. The average Bonchev–Trinajstić information content (AvgIpc) is 2.34. The highest BCUT2D eigenvalue weighted by atomic mass is 16.5. The topological polar surface area (TPSA) is 38.3 Å². The highest BCUT2D eigenvalue weighted by molar-refractivity contribution is 5.80. The Kier molecular flexibility index (Phi) is 2.27. The average molecular weight is 143 g/mol. The molecule has 0 spiro atoms. The molecule has 1 rings (SSSR count). The Morgan fingerprint density at radius 2 is 2.30 bits per heavy atom. The van der Waals surface area contributed by atoms with Gasteiger partial charge in [0.05, 0.1) is 6.10 Å². The van der Waals surface area contributed by atoms with Crippen molar-refractivity contribution in [3.63, 3.8) is 0 Å². The van der Waals surface area contributed by atoms with Gasteiger partial charge in [-0.2, -0.15) is 0 Å². The van der Waals surface area contributed by atoms with E-state index in [1.54, 1.807) is 7.05 Å². The maximum Gasteiger partial charge on any atom is 0.248 e. The molecule has 0 saturated carbocycles. The van der Waals surface area contributed by atoms with Crippen molar-refractivity contribution in [1.29, 1.82) is 0 Å². The van der Waals surface area contributed by atoms with Crippen LogP contribution in [0.2, 0.25) is 0 Å². The number of carbonyl (C=O) groups excluding carboxylic acids is 1. The Balaban J connectivity index is 2.37. The third-order valence-electron chi connectivity index (χ3n) is 1.77. The van der Waals surface area contributed by atoms with Crippen molar-refractivity contribution in [3.05, 3.63) is 0 Å². The van der Waals surface area contributed by atoms with E-state index < -0.39 is 0 Å². The number of hydrogen-bond donors (Lipinski definition) is 1. The smallest absolute Gasteiger partial charge is 0.248 e. The van der Waals surface area contributed by atoms with E-state index in [0.29, 0.717) is 0 Å². The van der Waals surface area contributed by atoms with Crippen molar-refractivity contribution in [2.75, 3.05) is 7.05 Å². The van der Waals surface area contributed by atoms with Gasteiger partial charge >= 0.3 is 0 Å². The van der Waals surface area contributed by atoms with Crippen LogP contribution in [0.15, 0.2) is 0 Å². The van der Waals surface area contributed by atoms with Gasteiger partial charge in [-0.25, -0.2) is 0 Å². The summed E-state index contributed by atoms with van der Waals surface area (Å²) < 4.78 is 5.30. The molecule has 2 atom stereocenters. The molecule has 1 aliphatic heterocycles. The predicted molar refractivity (Wildman–Crippen MR) is 37.6 cm³/mol. The number of likely N-dealkylation sites (N-methyl/N-ethyl adjacent to an activating group) is 1. The fourth-order valence-electron chi connectivity index (χ4n) is 1.16. The molecule has 0 bridgehead atoms. The van der Waals surface area contributed by atoms with Crippen LogP contribution in [-0.4, -0.2) is 25.2 Å². The number of amides is 1. The summed E-state index contributed by atoms with van der Waals surface area (Å²) in [5.74, 6) is 0.00403. The maximum absolute atomic E-state index is 10.9. The summed E-state index contributed by atoms with van der Waals surface area (Å²) in [5, 5.41) is 2.56. The van der Waals surface area contributed by atoms with Crippen molar-refractivity contribution in [3.8, 4) is 0 Å². The third kappa shape index (κ3) is 1.48. The van der Waals surface area contributed by atoms with E-state index in [1.807, 2.05) is 6.92 Å². The molecule has 0 aromatic rings. The second-order valence-corrected chi connectivity index (χ2v) is 2.63. The maximum atomic E-state index is 10.9. The van der Waals surface area contributed by atoms with Crippen LogP contribution < -0.4 is 5.32 Å². The van der Waals surface area contributed by atoms with Crippen molar-refractivity contribution < 1.29 is 9.53 Å². The van der Waals surface area contributed by atoms with E-state index >= 15 is 0 Å². The predicted octanol–water partition coefficient (Wildman–Crippen LogP) is 0.300. The first-order valence-corrected chi connectivity index (χ1v) is 3.61. The molecule has 1 amide bonds. The minimum atomic E-state index is -0.194. The first-order chi connectivity index (χ1) is 4.74. The zero-order valence-electron chi connectivity index (χ0n) is 6.39. The monoisotopic (exact) mass is 143 g/mol.